The van der Waals surface area contributed by atoms with Crippen LogP contribution in [0.1, 0.15) is 12.5 Å². The number of methoxy groups -OCH3 is 1. The number of amides is 1. The molecular formula is C13H17NO2. The van der Waals surface area contributed by atoms with Crippen LogP contribution in [0.25, 0.3) is 0 Å². The Kier molecular flexibility index (Phi) is 5.12. The summed E-state index contributed by atoms with van der Waals surface area (Å²) in [6.07, 6.45) is 4.07. The largest absolute Gasteiger partial charge is 0.497 e. The van der Waals surface area contributed by atoms with E-state index in [0.29, 0.717) is 6.54 Å². The van der Waals surface area contributed by atoms with Crippen LogP contribution in [0.2, 0.25) is 0 Å². The van der Waals surface area contributed by atoms with Gasteiger partial charge in [0.15, 0.2) is 0 Å². The van der Waals surface area contributed by atoms with Crippen molar-refractivity contribution in [1.82, 2.24) is 5.32 Å². The molecule has 1 rings (SSSR count). The Hall–Kier alpha value is -1.77. The highest BCUT2D eigenvalue weighted by molar-refractivity contribution is 5.87. The minimum Gasteiger partial charge on any atom is -0.497 e. The molecule has 0 saturated heterocycles. The fourth-order valence-corrected chi connectivity index (χ4v) is 1.33. The Morgan fingerprint density at radius 1 is 1.38 bits per heavy atom. The molecule has 0 atom stereocenters. The van der Waals surface area contributed by atoms with Gasteiger partial charge in [-0.1, -0.05) is 18.2 Å². The van der Waals surface area contributed by atoms with Crippen molar-refractivity contribution < 1.29 is 9.53 Å². The Morgan fingerprint density at radius 2 is 2.06 bits per heavy atom. The predicted molar refractivity (Wildman–Crippen MR) is 64.5 cm³/mol. The van der Waals surface area contributed by atoms with Gasteiger partial charge in [0.1, 0.15) is 5.75 Å². The minimum atomic E-state index is -0.0454. The average molecular weight is 219 g/mol. The summed E-state index contributed by atoms with van der Waals surface area (Å²) in [5.41, 5.74) is 1.18. The zero-order valence-electron chi connectivity index (χ0n) is 9.69. The minimum absolute atomic E-state index is 0.0454. The summed E-state index contributed by atoms with van der Waals surface area (Å²) < 4.78 is 5.06. The molecule has 0 unspecified atom stereocenters. The monoisotopic (exact) mass is 219 g/mol. The van der Waals surface area contributed by atoms with Crippen molar-refractivity contribution in [2.75, 3.05) is 13.7 Å². The molecule has 16 heavy (non-hydrogen) atoms. The Morgan fingerprint density at radius 3 is 2.62 bits per heavy atom. The lowest BCUT2D eigenvalue weighted by Gasteiger charge is -2.04. The number of carbonyl (C=O) groups excluding carboxylic acids is 1. The van der Waals surface area contributed by atoms with Crippen molar-refractivity contribution in [2.45, 2.75) is 13.3 Å². The number of allylic oxidation sites excluding steroid dienone is 1. The maximum atomic E-state index is 11.1. The molecule has 0 heterocycles. The molecule has 0 aliphatic carbocycles. The van der Waals surface area contributed by atoms with Crippen LogP contribution in [0, 0.1) is 0 Å². The second kappa shape index (κ2) is 6.67. The van der Waals surface area contributed by atoms with Crippen LogP contribution in [0.5, 0.6) is 5.75 Å². The second-order valence-corrected chi connectivity index (χ2v) is 3.39. The normalized spacial score (nSPS) is 10.4. The van der Waals surface area contributed by atoms with Gasteiger partial charge in [0, 0.05) is 6.54 Å². The molecule has 1 aromatic rings. The molecule has 0 spiro atoms. The standard InChI is InChI=1S/C13H17NO2/c1-3-4-13(15)14-10-9-11-5-7-12(16-2)8-6-11/h3-8H,9-10H2,1-2H3,(H,14,15). The first-order valence-corrected chi connectivity index (χ1v) is 5.29. The van der Waals surface area contributed by atoms with Gasteiger partial charge in [-0.15, -0.1) is 0 Å². The van der Waals surface area contributed by atoms with Crippen LogP contribution in [0.3, 0.4) is 0 Å². The van der Waals surface area contributed by atoms with Gasteiger partial charge in [0.25, 0.3) is 0 Å². The van der Waals surface area contributed by atoms with E-state index in [0.717, 1.165) is 12.2 Å². The number of benzene rings is 1. The van der Waals surface area contributed by atoms with Crippen molar-refractivity contribution in [3.05, 3.63) is 42.0 Å². The predicted octanol–water partition coefficient (Wildman–Crippen LogP) is 1.93. The fourth-order valence-electron chi connectivity index (χ4n) is 1.33. The number of ether oxygens (including phenoxy) is 1. The molecule has 1 N–H and O–H groups in total. The maximum absolute atomic E-state index is 11.1. The number of rotatable bonds is 5. The van der Waals surface area contributed by atoms with Crippen LogP contribution in [0.4, 0.5) is 0 Å². The number of hydrogen-bond donors (Lipinski definition) is 1. The summed E-state index contributed by atoms with van der Waals surface area (Å²) in [5, 5.41) is 2.80. The van der Waals surface area contributed by atoms with Gasteiger partial charge in [0.2, 0.25) is 5.91 Å². The van der Waals surface area contributed by atoms with Gasteiger partial charge in [0.05, 0.1) is 7.11 Å². The van der Waals surface area contributed by atoms with E-state index < -0.39 is 0 Å². The fraction of sp³-hybridized carbons (Fsp3) is 0.308. The van der Waals surface area contributed by atoms with Crippen molar-refractivity contribution in [2.24, 2.45) is 0 Å². The van der Waals surface area contributed by atoms with Crippen molar-refractivity contribution in [3.8, 4) is 5.75 Å². The van der Waals surface area contributed by atoms with E-state index in [1.54, 1.807) is 13.2 Å². The molecule has 1 aromatic carbocycles. The molecule has 0 aliphatic heterocycles. The first kappa shape index (κ1) is 12.3. The molecule has 0 aromatic heterocycles. The lowest BCUT2D eigenvalue weighted by atomic mass is 10.1. The molecule has 3 heteroatoms. The van der Waals surface area contributed by atoms with Crippen molar-refractivity contribution >= 4 is 5.91 Å². The lowest BCUT2D eigenvalue weighted by molar-refractivity contribution is -0.116. The Bertz CT molecular complexity index is 355. The van der Waals surface area contributed by atoms with Gasteiger partial charge in [-0.3, -0.25) is 4.79 Å². The number of hydrogen-bond acceptors (Lipinski definition) is 2. The van der Waals surface area contributed by atoms with Gasteiger partial charge >= 0.3 is 0 Å². The van der Waals surface area contributed by atoms with Crippen LogP contribution in [-0.2, 0) is 11.2 Å². The SMILES string of the molecule is CC=CC(=O)NCCc1ccc(OC)cc1. The Balaban J connectivity index is 2.34. The molecule has 0 aliphatic rings. The quantitative estimate of drug-likeness (QED) is 0.768. The van der Waals surface area contributed by atoms with Crippen molar-refractivity contribution in [1.29, 1.82) is 0 Å². The highest BCUT2D eigenvalue weighted by atomic mass is 16.5. The summed E-state index contributed by atoms with van der Waals surface area (Å²) in [7, 11) is 1.65. The number of nitrogens with one attached hydrogen (secondary N) is 1. The van der Waals surface area contributed by atoms with E-state index in [-0.39, 0.29) is 5.91 Å². The summed E-state index contributed by atoms with van der Waals surface area (Å²) in [6.45, 7) is 2.47. The molecule has 0 fully saturated rings. The summed E-state index contributed by atoms with van der Waals surface area (Å²) in [6, 6.07) is 7.84. The van der Waals surface area contributed by atoms with E-state index >= 15 is 0 Å². The molecule has 3 nitrogen and oxygen atoms in total. The van der Waals surface area contributed by atoms with E-state index in [9.17, 15) is 4.79 Å². The van der Waals surface area contributed by atoms with E-state index in [1.807, 2.05) is 31.2 Å². The van der Waals surface area contributed by atoms with Gasteiger partial charge in [-0.2, -0.15) is 0 Å². The zero-order chi connectivity index (χ0) is 11.8. The molecule has 0 saturated carbocycles. The lowest BCUT2D eigenvalue weighted by Crippen LogP contribution is -2.23. The second-order valence-electron chi connectivity index (χ2n) is 3.39. The molecule has 1 amide bonds. The third kappa shape index (κ3) is 4.17. The van der Waals surface area contributed by atoms with E-state index in [4.69, 9.17) is 4.74 Å². The van der Waals surface area contributed by atoms with Gasteiger partial charge in [-0.05, 0) is 37.1 Å². The van der Waals surface area contributed by atoms with Crippen LogP contribution >= 0.6 is 0 Å². The van der Waals surface area contributed by atoms with Crippen LogP contribution in [0.15, 0.2) is 36.4 Å². The highest BCUT2D eigenvalue weighted by Crippen LogP contribution is 2.11. The molecular weight excluding hydrogens is 202 g/mol. The smallest absolute Gasteiger partial charge is 0.243 e. The first-order chi connectivity index (χ1) is 7.76. The van der Waals surface area contributed by atoms with Crippen LogP contribution < -0.4 is 10.1 Å². The van der Waals surface area contributed by atoms with Gasteiger partial charge in [-0.25, -0.2) is 0 Å². The molecule has 0 radical (unpaired) electrons. The summed E-state index contributed by atoms with van der Waals surface area (Å²) in [4.78, 5) is 11.1. The van der Waals surface area contributed by atoms with E-state index in [1.165, 1.54) is 11.6 Å². The zero-order valence-corrected chi connectivity index (χ0v) is 9.69. The number of carbonyl (C=O) groups is 1. The maximum Gasteiger partial charge on any atom is 0.243 e. The first-order valence-electron chi connectivity index (χ1n) is 5.29. The summed E-state index contributed by atoms with van der Waals surface area (Å²) in [5.74, 6) is 0.803. The topological polar surface area (TPSA) is 38.3 Å². The average Bonchev–Trinajstić information content (AvgIpc) is 2.30. The van der Waals surface area contributed by atoms with Gasteiger partial charge < -0.3 is 10.1 Å². The summed E-state index contributed by atoms with van der Waals surface area (Å²) >= 11 is 0. The van der Waals surface area contributed by atoms with E-state index in [2.05, 4.69) is 5.32 Å². The molecule has 86 valence electrons. The Labute approximate surface area is 96.1 Å². The highest BCUT2D eigenvalue weighted by Gasteiger charge is 1.96. The van der Waals surface area contributed by atoms with Crippen molar-refractivity contribution in [3.63, 3.8) is 0 Å². The molecule has 0 bridgehead atoms. The third-order valence-electron chi connectivity index (χ3n) is 2.19. The third-order valence-corrected chi connectivity index (χ3v) is 2.19. The van der Waals surface area contributed by atoms with Crippen LogP contribution in [-0.4, -0.2) is 19.6 Å².